The van der Waals surface area contributed by atoms with Crippen LogP contribution < -0.4 is 4.72 Å². The fourth-order valence-electron chi connectivity index (χ4n) is 2.73. The maximum atomic E-state index is 12.7. The average Bonchev–Trinajstić information content (AvgIpc) is 2.65. The van der Waals surface area contributed by atoms with E-state index in [2.05, 4.69) is 18.2 Å². The van der Waals surface area contributed by atoms with Crippen molar-refractivity contribution in [3.05, 3.63) is 42.5 Å². The second-order valence-electron chi connectivity index (χ2n) is 7.26. The van der Waals surface area contributed by atoms with Crippen LogP contribution in [-0.4, -0.2) is 45.7 Å². The van der Waals surface area contributed by atoms with E-state index in [1.807, 2.05) is 0 Å². The molecule has 0 unspecified atom stereocenters. The Morgan fingerprint density at radius 3 is 2.39 bits per heavy atom. The number of amides is 1. The van der Waals surface area contributed by atoms with Crippen LogP contribution in [0.15, 0.2) is 47.4 Å². The van der Waals surface area contributed by atoms with E-state index in [9.17, 15) is 13.2 Å². The largest absolute Gasteiger partial charge is 0.442 e. The third-order valence-corrected chi connectivity index (χ3v) is 6.04. The molecule has 0 saturated carbocycles. The van der Waals surface area contributed by atoms with E-state index < -0.39 is 22.2 Å². The summed E-state index contributed by atoms with van der Waals surface area (Å²) in [6, 6.07) is 8.04. The highest BCUT2D eigenvalue weighted by molar-refractivity contribution is 7.89. The Morgan fingerprint density at radius 1 is 1.18 bits per heavy atom. The molecule has 158 valence electrons. The van der Waals surface area contributed by atoms with Gasteiger partial charge < -0.3 is 9.64 Å². The zero-order valence-corrected chi connectivity index (χ0v) is 18.3. The van der Waals surface area contributed by atoms with Gasteiger partial charge in [0.05, 0.1) is 4.90 Å². The van der Waals surface area contributed by atoms with Crippen LogP contribution >= 0.6 is 0 Å². The van der Waals surface area contributed by atoms with E-state index in [-0.39, 0.29) is 10.9 Å². The van der Waals surface area contributed by atoms with E-state index >= 15 is 0 Å². The first-order chi connectivity index (χ1) is 13.2. The monoisotopic (exact) mass is 410 g/mol. The third kappa shape index (κ3) is 8.44. The summed E-state index contributed by atoms with van der Waals surface area (Å²) in [6.07, 6.45) is 4.40. The molecular formula is C21H34N2O4S. The fourth-order valence-corrected chi connectivity index (χ4v) is 4.02. The van der Waals surface area contributed by atoms with Crippen molar-refractivity contribution in [2.24, 2.45) is 0 Å². The summed E-state index contributed by atoms with van der Waals surface area (Å²) in [7, 11) is -0.390. The van der Waals surface area contributed by atoms with Gasteiger partial charge in [0, 0.05) is 20.1 Å². The van der Waals surface area contributed by atoms with E-state index in [0.29, 0.717) is 18.4 Å². The van der Waals surface area contributed by atoms with Gasteiger partial charge in [-0.2, -0.15) is 0 Å². The van der Waals surface area contributed by atoms with Gasteiger partial charge >= 0.3 is 6.09 Å². The maximum absolute atomic E-state index is 12.7. The molecule has 0 aromatic heterocycles. The molecule has 1 N–H and O–H groups in total. The highest BCUT2D eigenvalue weighted by Gasteiger charge is 2.23. The quantitative estimate of drug-likeness (QED) is 0.411. The Hall–Kier alpha value is -1.86. The number of nitrogens with zero attached hydrogens (tertiary/aromatic N) is 1. The van der Waals surface area contributed by atoms with Crippen LogP contribution in [0.4, 0.5) is 4.79 Å². The summed E-state index contributed by atoms with van der Waals surface area (Å²) in [5, 5.41) is 0. The SMILES string of the molecule is C=C(C[C@H](CCCCCC)NS(=O)(=O)c1ccccc1)[C@@H](C)OC(=O)N(C)C. The molecule has 0 spiro atoms. The minimum absolute atomic E-state index is 0.242. The van der Waals surface area contributed by atoms with Crippen molar-refractivity contribution in [1.82, 2.24) is 9.62 Å². The van der Waals surface area contributed by atoms with Gasteiger partial charge in [-0.05, 0) is 37.5 Å². The molecule has 7 heteroatoms. The van der Waals surface area contributed by atoms with Crippen molar-refractivity contribution >= 4 is 16.1 Å². The van der Waals surface area contributed by atoms with Crippen molar-refractivity contribution in [3.8, 4) is 0 Å². The standard InChI is InChI=1S/C21H34N2O4S/c1-6-7-8-10-13-19(16-17(2)18(3)27-21(24)23(4)5)22-28(25,26)20-14-11-9-12-15-20/h9,11-12,14-15,18-19,22H,2,6-8,10,13,16H2,1,3-5H3/t18-,19+/m1/s1. The van der Waals surface area contributed by atoms with Gasteiger partial charge in [-0.15, -0.1) is 0 Å². The topological polar surface area (TPSA) is 75.7 Å². The number of carbonyl (C=O) groups excluding carboxylic acids is 1. The first-order valence-electron chi connectivity index (χ1n) is 9.80. The van der Waals surface area contributed by atoms with Gasteiger partial charge in [0.15, 0.2) is 0 Å². The summed E-state index contributed by atoms with van der Waals surface area (Å²) in [5.41, 5.74) is 0.687. The number of unbranched alkanes of at least 4 members (excludes halogenated alkanes) is 3. The highest BCUT2D eigenvalue weighted by atomic mass is 32.2. The Balaban J connectivity index is 2.81. The van der Waals surface area contributed by atoms with Crippen LogP contribution in [0.3, 0.4) is 0 Å². The minimum atomic E-state index is -3.62. The fraction of sp³-hybridized carbons (Fsp3) is 0.571. The molecule has 0 aliphatic rings. The third-order valence-electron chi connectivity index (χ3n) is 4.51. The predicted molar refractivity (Wildman–Crippen MR) is 113 cm³/mol. The van der Waals surface area contributed by atoms with E-state index in [0.717, 1.165) is 25.7 Å². The molecule has 6 nitrogen and oxygen atoms in total. The lowest BCUT2D eigenvalue weighted by Gasteiger charge is -2.24. The van der Waals surface area contributed by atoms with Crippen LogP contribution in [0.25, 0.3) is 0 Å². The summed E-state index contributed by atoms with van der Waals surface area (Å²) in [5.74, 6) is 0. The van der Waals surface area contributed by atoms with Crippen molar-refractivity contribution in [2.75, 3.05) is 14.1 Å². The lowest BCUT2D eigenvalue weighted by Crippen LogP contribution is -2.36. The number of carbonyl (C=O) groups is 1. The Morgan fingerprint density at radius 2 is 1.82 bits per heavy atom. The molecule has 1 aromatic rings. The first-order valence-corrected chi connectivity index (χ1v) is 11.3. The number of benzene rings is 1. The molecule has 1 rings (SSSR count). The number of hydrogen-bond donors (Lipinski definition) is 1. The Kier molecular flexibility index (Phi) is 10.2. The summed E-state index contributed by atoms with van der Waals surface area (Å²) in [4.78, 5) is 13.3. The van der Waals surface area contributed by atoms with Crippen LogP contribution in [-0.2, 0) is 14.8 Å². The molecule has 28 heavy (non-hydrogen) atoms. The van der Waals surface area contributed by atoms with Gasteiger partial charge in [0.2, 0.25) is 10.0 Å². The van der Waals surface area contributed by atoms with E-state index in [1.165, 1.54) is 4.90 Å². The second kappa shape index (κ2) is 11.9. The predicted octanol–water partition coefficient (Wildman–Crippen LogP) is 4.34. The molecule has 0 radical (unpaired) electrons. The van der Waals surface area contributed by atoms with Gasteiger partial charge in [0.25, 0.3) is 0 Å². The van der Waals surface area contributed by atoms with Crippen molar-refractivity contribution in [3.63, 3.8) is 0 Å². The van der Waals surface area contributed by atoms with Gasteiger partial charge in [-0.25, -0.2) is 17.9 Å². The lowest BCUT2D eigenvalue weighted by atomic mass is 9.99. The van der Waals surface area contributed by atoms with Crippen LogP contribution in [0.1, 0.15) is 52.4 Å². The molecular weight excluding hydrogens is 376 g/mol. The minimum Gasteiger partial charge on any atom is -0.442 e. The zero-order chi connectivity index (χ0) is 21.2. The van der Waals surface area contributed by atoms with Gasteiger partial charge in [-0.1, -0.05) is 57.4 Å². The molecule has 0 saturated heterocycles. The van der Waals surface area contributed by atoms with Crippen LogP contribution in [0.5, 0.6) is 0 Å². The smallest absolute Gasteiger partial charge is 0.409 e. The van der Waals surface area contributed by atoms with Crippen molar-refractivity contribution < 1.29 is 17.9 Å². The Labute approximate surface area is 170 Å². The number of hydrogen-bond acceptors (Lipinski definition) is 4. The number of ether oxygens (including phenoxy) is 1. The number of sulfonamides is 1. The van der Waals surface area contributed by atoms with Crippen LogP contribution in [0.2, 0.25) is 0 Å². The zero-order valence-electron chi connectivity index (χ0n) is 17.5. The lowest BCUT2D eigenvalue weighted by molar-refractivity contribution is 0.0948. The van der Waals surface area contributed by atoms with Crippen molar-refractivity contribution in [2.45, 2.75) is 69.4 Å². The average molecular weight is 411 g/mol. The maximum Gasteiger partial charge on any atom is 0.409 e. The summed E-state index contributed by atoms with van der Waals surface area (Å²) < 4.78 is 33.6. The van der Waals surface area contributed by atoms with E-state index in [1.54, 1.807) is 51.4 Å². The summed E-state index contributed by atoms with van der Waals surface area (Å²) in [6.45, 7) is 7.91. The molecule has 0 fully saturated rings. The van der Waals surface area contributed by atoms with Crippen molar-refractivity contribution in [1.29, 1.82) is 0 Å². The normalized spacial score (nSPS) is 13.6. The molecule has 0 aliphatic heterocycles. The first kappa shape index (κ1) is 24.2. The number of rotatable bonds is 12. The molecule has 0 aliphatic carbocycles. The van der Waals surface area contributed by atoms with Gasteiger partial charge in [0.1, 0.15) is 6.10 Å². The second-order valence-corrected chi connectivity index (χ2v) is 8.98. The summed E-state index contributed by atoms with van der Waals surface area (Å²) >= 11 is 0. The number of nitrogens with one attached hydrogen (secondary N) is 1. The molecule has 2 atom stereocenters. The Bertz CT molecular complexity index is 717. The molecule has 1 amide bonds. The molecule has 0 bridgehead atoms. The highest BCUT2D eigenvalue weighted by Crippen LogP contribution is 2.19. The molecule has 1 aromatic carbocycles. The van der Waals surface area contributed by atoms with Crippen LogP contribution in [0, 0.1) is 0 Å². The van der Waals surface area contributed by atoms with Gasteiger partial charge in [-0.3, -0.25) is 0 Å². The molecule has 0 heterocycles. The van der Waals surface area contributed by atoms with E-state index in [4.69, 9.17) is 4.74 Å².